The van der Waals surface area contributed by atoms with E-state index in [1.807, 2.05) is 41.0 Å². The number of thioether (sulfide) groups is 1. The zero-order valence-electron chi connectivity index (χ0n) is 15.3. The molecule has 0 saturated carbocycles. The Morgan fingerprint density at radius 1 is 1.25 bits per heavy atom. The highest BCUT2D eigenvalue weighted by Gasteiger charge is 2.15. The van der Waals surface area contributed by atoms with Crippen LogP contribution in [0.5, 0.6) is 5.75 Å². The summed E-state index contributed by atoms with van der Waals surface area (Å²) < 4.78 is 7.11. The van der Waals surface area contributed by atoms with Gasteiger partial charge in [-0.15, -0.1) is 16.8 Å². The molecule has 0 unspecified atom stereocenters. The number of aromatic nitrogens is 3. The lowest BCUT2D eigenvalue weighted by Gasteiger charge is -2.09. The van der Waals surface area contributed by atoms with Gasteiger partial charge in [0.2, 0.25) is 5.91 Å². The third kappa shape index (κ3) is 4.74. The van der Waals surface area contributed by atoms with Crippen LogP contribution in [-0.2, 0) is 11.3 Å². The Morgan fingerprint density at radius 2 is 2.00 bits per heavy atom. The fourth-order valence-electron chi connectivity index (χ4n) is 2.52. The highest BCUT2D eigenvalue weighted by Crippen LogP contribution is 2.26. The van der Waals surface area contributed by atoms with E-state index in [4.69, 9.17) is 16.3 Å². The molecule has 0 fully saturated rings. The summed E-state index contributed by atoms with van der Waals surface area (Å²) in [6.45, 7) is 4.33. The third-order valence-corrected chi connectivity index (χ3v) is 5.15. The second kappa shape index (κ2) is 9.43. The molecule has 0 bridgehead atoms. The van der Waals surface area contributed by atoms with Crippen LogP contribution in [0.25, 0.3) is 11.4 Å². The molecule has 0 aliphatic carbocycles. The molecule has 0 spiro atoms. The summed E-state index contributed by atoms with van der Waals surface area (Å²) in [7, 11) is 1.62. The minimum absolute atomic E-state index is 0.169. The predicted octanol–water partition coefficient (Wildman–Crippen LogP) is 4.52. The first-order chi connectivity index (χ1) is 13.6. The number of benzene rings is 2. The third-order valence-electron chi connectivity index (χ3n) is 3.86. The van der Waals surface area contributed by atoms with Gasteiger partial charge in [0.25, 0.3) is 0 Å². The molecule has 1 aromatic heterocycles. The lowest BCUT2D eigenvalue weighted by molar-refractivity contribution is -0.113. The van der Waals surface area contributed by atoms with Crippen molar-refractivity contribution in [3.05, 3.63) is 66.2 Å². The Morgan fingerprint density at radius 3 is 2.68 bits per heavy atom. The van der Waals surface area contributed by atoms with Gasteiger partial charge in [-0.2, -0.15) is 0 Å². The van der Waals surface area contributed by atoms with Gasteiger partial charge in [0.15, 0.2) is 11.0 Å². The van der Waals surface area contributed by atoms with E-state index in [0.29, 0.717) is 28.2 Å². The number of rotatable bonds is 8. The van der Waals surface area contributed by atoms with Crippen molar-refractivity contribution in [1.29, 1.82) is 0 Å². The van der Waals surface area contributed by atoms with Crippen molar-refractivity contribution in [2.24, 2.45) is 0 Å². The number of ether oxygens (including phenoxy) is 1. The molecule has 0 atom stereocenters. The van der Waals surface area contributed by atoms with Gasteiger partial charge < -0.3 is 10.1 Å². The Hall–Kier alpha value is -2.77. The average Bonchev–Trinajstić information content (AvgIpc) is 3.11. The zero-order valence-corrected chi connectivity index (χ0v) is 16.8. The molecular formula is C20H19ClN4O2S. The first-order valence-electron chi connectivity index (χ1n) is 8.48. The lowest BCUT2D eigenvalue weighted by Crippen LogP contribution is -2.15. The molecule has 1 heterocycles. The average molecular weight is 415 g/mol. The summed E-state index contributed by atoms with van der Waals surface area (Å²) in [6, 6.07) is 14.7. The minimum atomic E-state index is -0.169. The fourth-order valence-corrected chi connectivity index (χ4v) is 3.45. The standard InChI is InChI=1S/C20H19ClN4O2S/c1-3-12-25-19(14-8-10-15(27-2)11-9-14)23-24-20(25)28-13-18(26)22-17-7-5-4-6-16(17)21/h3-11H,1,12-13H2,2H3,(H,22,26). The SMILES string of the molecule is C=CCn1c(SCC(=O)Nc2ccccc2Cl)nnc1-c1ccc(OC)cc1. The van der Waals surface area contributed by atoms with Crippen LogP contribution in [-0.4, -0.2) is 33.5 Å². The number of carbonyl (C=O) groups excluding carboxylic acids is 1. The topological polar surface area (TPSA) is 69.0 Å². The predicted molar refractivity (Wildman–Crippen MR) is 113 cm³/mol. The van der Waals surface area contributed by atoms with E-state index in [1.54, 1.807) is 25.3 Å². The number of anilines is 1. The van der Waals surface area contributed by atoms with E-state index < -0.39 is 0 Å². The van der Waals surface area contributed by atoms with E-state index in [-0.39, 0.29) is 11.7 Å². The maximum atomic E-state index is 12.3. The number of carbonyl (C=O) groups is 1. The van der Waals surface area contributed by atoms with Crippen LogP contribution < -0.4 is 10.1 Å². The molecule has 3 rings (SSSR count). The number of hydrogen-bond donors (Lipinski definition) is 1. The number of hydrogen-bond acceptors (Lipinski definition) is 5. The van der Waals surface area contributed by atoms with E-state index in [1.165, 1.54) is 11.8 Å². The summed E-state index contributed by atoms with van der Waals surface area (Å²) >= 11 is 7.38. The molecule has 2 aromatic carbocycles. The normalized spacial score (nSPS) is 10.5. The van der Waals surface area contributed by atoms with E-state index >= 15 is 0 Å². The van der Waals surface area contributed by atoms with Crippen molar-refractivity contribution >= 4 is 35.0 Å². The maximum Gasteiger partial charge on any atom is 0.234 e. The Kier molecular flexibility index (Phi) is 6.73. The molecule has 0 saturated heterocycles. The number of methoxy groups -OCH3 is 1. The largest absolute Gasteiger partial charge is 0.497 e. The van der Waals surface area contributed by atoms with Gasteiger partial charge in [-0.3, -0.25) is 9.36 Å². The minimum Gasteiger partial charge on any atom is -0.497 e. The van der Waals surface area contributed by atoms with Crippen LogP contribution in [0.4, 0.5) is 5.69 Å². The second-order valence-electron chi connectivity index (χ2n) is 5.75. The van der Waals surface area contributed by atoms with Crippen LogP contribution in [0.15, 0.2) is 66.3 Å². The summed E-state index contributed by atoms with van der Waals surface area (Å²) in [4.78, 5) is 12.3. The van der Waals surface area contributed by atoms with Crippen molar-refractivity contribution in [3.63, 3.8) is 0 Å². The molecule has 0 aliphatic rings. The van der Waals surface area contributed by atoms with Crippen LogP contribution in [0.1, 0.15) is 0 Å². The molecule has 3 aromatic rings. The zero-order chi connectivity index (χ0) is 19.9. The molecule has 6 nitrogen and oxygen atoms in total. The Balaban J connectivity index is 1.73. The monoisotopic (exact) mass is 414 g/mol. The van der Waals surface area contributed by atoms with Crippen LogP contribution in [0.2, 0.25) is 5.02 Å². The molecule has 1 amide bonds. The highest BCUT2D eigenvalue weighted by atomic mass is 35.5. The number of allylic oxidation sites excluding steroid dienone is 1. The van der Waals surface area contributed by atoms with E-state index in [2.05, 4.69) is 22.1 Å². The Bertz CT molecular complexity index is 973. The number of nitrogens with one attached hydrogen (secondary N) is 1. The molecule has 28 heavy (non-hydrogen) atoms. The van der Waals surface area contributed by atoms with Crippen molar-refractivity contribution in [1.82, 2.24) is 14.8 Å². The van der Waals surface area contributed by atoms with Crippen LogP contribution in [0.3, 0.4) is 0 Å². The molecule has 0 aliphatic heterocycles. The van der Waals surface area contributed by atoms with Gasteiger partial charge in [0.05, 0.1) is 23.6 Å². The molecule has 0 radical (unpaired) electrons. The van der Waals surface area contributed by atoms with Crippen molar-refractivity contribution in [2.75, 3.05) is 18.2 Å². The summed E-state index contributed by atoms with van der Waals surface area (Å²) in [5.41, 5.74) is 1.49. The van der Waals surface area contributed by atoms with Gasteiger partial charge in [-0.05, 0) is 36.4 Å². The smallest absolute Gasteiger partial charge is 0.234 e. The summed E-state index contributed by atoms with van der Waals surface area (Å²) in [6.07, 6.45) is 1.77. The summed E-state index contributed by atoms with van der Waals surface area (Å²) in [5, 5.41) is 12.5. The number of halogens is 1. The van der Waals surface area contributed by atoms with E-state index in [9.17, 15) is 4.79 Å². The lowest BCUT2D eigenvalue weighted by atomic mass is 10.2. The van der Waals surface area contributed by atoms with Gasteiger partial charge >= 0.3 is 0 Å². The van der Waals surface area contributed by atoms with Crippen LogP contribution >= 0.6 is 23.4 Å². The van der Waals surface area contributed by atoms with E-state index in [0.717, 1.165) is 11.3 Å². The van der Waals surface area contributed by atoms with Gasteiger partial charge in [0.1, 0.15) is 5.75 Å². The molecule has 144 valence electrons. The van der Waals surface area contributed by atoms with Crippen molar-refractivity contribution < 1.29 is 9.53 Å². The van der Waals surface area contributed by atoms with Gasteiger partial charge in [-0.25, -0.2) is 0 Å². The maximum absolute atomic E-state index is 12.3. The number of para-hydroxylation sites is 1. The number of nitrogens with zero attached hydrogens (tertiary/aromatic N) is 3. The molecule has 1 N–H and O–H groups in total. The second-order valence-corrected chi connectivity index (χ2v) is 7.10. The van der Waals surface area contributed by atoms with Crippen molar-refractivity contribution in [2.45, 2.75) is 11.7 Å². The molecule has 8 heteroatoms. The first-order valence-corrected chi connectivity index (χ1v) is 9.84. The summed E-state index contributed by atoms with van der Waals surface area (Å²) in [5.74, 6) is 1.49. The van der Waals surface area contributed by atoms with Crippen molar-refractivity contribution in [3.8, 4) is 17.1 Å². The number of amides is 1. The fraction of sp³-hybridized carbons (Fsp3) is 0.150. The molecular weight excluding hydrogens is 396 g/mol. The highest BCUT2D eigenvalue weighted by molar-refractivity contribution is 7.99. The Labute approximate surface area is 172 Å². The van der Waals surface area contributed by atoms with Gasteiger partial charge in [0, 0.05) is 12.1 Å². The van der Waals surface area contributed by atoms with Crippen LogP contribution in [0, 0.1) is 0 Å². The quantitative estimate of drug-likeness (QED) is 0.433. The first kappa shape index (κ1) is 20.0. The van der Waals surface area contributed by atoms with Gasteiger partial charge in [-0.1, -0.05) is 41.6 Å².